The van der Waals surface area contributed by atoms with Crippen molar-refractivity contribution >= 4 is 27.5 Å². The molecule has 1 saturated heterocycles. The van der Waals surface area contributed by atoms with Gasteiger partial charge < -0.3 is 10.2 Å². The molecule has 5 heteroatoms. The fraction of sp³-hybridized carbons (Fsp3) is 0.462. The largest absolute Gasteiger partial charge is 0.316 e. The number of hydrogen-bond acceptors (Lipinski definition) is 2. The quantitative estimate of drug-likeness (QED) is 0.910. The van der Waals surface area contributed by atoms with Gasteiger partial charge in [-0.3, -0.25) is 4.79 Å². The molecule has 3 nitrogen and oxygen atoms in total. The van der Waals surface area contributed by atoms with Crippen LogP contribution in [-0.4, -0.2) is 26.0 Å². The van der Waals surface area contributed by atoms with Crippen LogP contribution in [0.1, 0.15) is 12.8 Å². The Morgan fingerprint density at radius 1 is 1.56 bits per heavy atom. The summed E-state index contributed by atoms with van der Waals surface area (Å²) in [5, 5.41) is 3.20. The van der Waals surface area contributed by atoms with Crippen LogP contribution in [0.15, 0.2) is 22.7 Å². The Labute approximate surface area is 114 Å². The highest BCUT2D eigenvalue weighted by Gasteiger charge is 2.25. The maximum atomic E-state index is 13.7. The van der Waals surface area contributed by atoms with E-state index in [2.05, 4.69) is 21.2 Å². The SMILES string of the molecule is CN(C(=O)C1CCCNC1)c1cc(Br)ccc1F. The number of rotatable bonds is 2. The Morgan fingerprint density at radius 3 is 3.00 bits per heavy atom. The van der Waals surface area contributed by atoms with Crippen molar-refractivity contribution in [2.24, 2.45) is 5.92 Å². The zero-order valence-corrected chi connectivity index (χ0v) is 11.8. The molecule has 1 N–H and O–H groups in total. The lowest BCUT2D eigenvalue weighted by Crippen LogP contribution is -2.41. The van der Waals surface area contributed by atoms with E-state index in [0.717, 1.165) is 23.9 Å². The van der Waals surface area contributed by atoms with Crippen molar-refractivity contribution in [1.29, 1.82) is 0 Å². The van der Waals surface area contributed by atoms with Crippen molar-refractivity contribution < 1.29 is 9.18 Å². The van der Waals surface area contributed by atoms with E-state index in [1.807, 2.05) is 0 Å². The van der Waals surface area contributed by atoms with Crippen molar-refractivity contribution in [3.63, 3.8) is 0 Å². The van der Waals surface area contributed by atoms with Gasteiger partial charge >= 0.3 is 0 Å². The van der Waals surface area contributed by atoms with Crippen molar-refractivity contribution in [3.8, 4) is 0 Å². The van der Waals surface area contributed by atoms with E-state index in [4.69, 9.17) is 0 Å². The van der Waals surface area contributed by atoms with E-state index in [-0.39, 0.29) is 17.6 Å². The topological polar surface area (TPSA) is 32.3 Å². The zero-order chi connectivity index (χ0) is 13.1. The highest BCUT2D eigenvalue weighted by atomic mass is 79.9. The molecule has 0 saturated carbocycles. The third-order valence-corrected chi connectivity index (χ3v) is 3.74. The molecule has 1 atom stereocenters. The molecular weight excluding hydrogens is 299 g/mol. The summed E-state index contributed by atoms with van der Waals surface area (Å²) < 4.78 is 14.5. The summed E-state index contributed by atoms with van der Waals surface area (Å²) in [4.78, 5) is 13.7. The average molecular weight is 315 g/mol. The van der Waals surface area contributed by atoms with Gasteiger partial charge in [-0.2, -0.15) is 0 Å². The van der Waals surface area contributed by atoms with Crippen LogP contribution >= 0.6 is 15.9 Å². The van der Waals surface area contributed by atoms with Crippen LogP contribution in [0.25, 0.3) is 0 Å². The first-order chi connectivity index (χ1) is 8.59. The van der Waals surface area contributed by atoms with Crippen LogP contribution in [0.2, 0.25) is 0 Å². The number of nitrogens with one attached hydrogen (secondary N) is 1. The number of nitrogens with zero attached hydrogens (tertiary/aromatic N) is 1. The number of halogens is 2. The highest BCUT2D eigenvalue weighted by molar-refractivity contribution is 9.10. The minimum atomic E-state index is -0.377. The number of anilines is 1. The van der Waals surface area contributed by atoms with Gasteiger partial charge in [0.2, 0.25) is 5.91 Å². The molecule has 1 fully saturated rings. The molecule has 0 aliphatic carbocycles. The van der Waals surface area contributed by atoms with E-state index in [1.54, 1.807) is 19.2 Å². The summed E-state index contributed by atoms with van der Waals surface area (Å²) in [5.41, 5.74) is 0.319. The summed E-state index contributed by atoms with van der Waals surface area (Å²) in [6.45, 7) is 1.64. The second kappa shape index (κ2) is 5.80. The van der Waals surface area contributed by atoms with Gasteiger partial charge in [-0.1, -0.05) is 15.9 Å². The molecule has 0 spiro atoms. The first-order valence-electron chi connectivity index (χ1n) is 6.03. The van der Waals surface area contributed by atoms with Crippen LogP contribution < -0.4 is 10.2 Å². The maximum Gasteiger partial charge on any atom is 0.231 e. The van der Waals surface area contributed by atoms with Gasteiger partial charge in [0, 0.05) is 18.1 Å². The molecule has 1 amide bonds. The fourth-order valence-corrected chi connectivity index (χ4v) is 2.55. The molecule has 1 heterocycles. The van der Waals surface area contributed by atoms with Gasteiger partial charge in [-0.25, -0.2) is 4.39 Å². The van der Waals surface area contributed by atoms with Crippen LogP contribution in [0.5, 0.6) is 0 Å². The van der Waals surface area contributed by atoms with E-state index >= 15 is 0 Å². The lowest BCUT2D eigenvalue weighted by molar-refractivity contribution is -0.122. The van der Waals surface area contributed by atoms with E-state index in [1.165, 1.54) is 11.0 Å². The minimum Gasteiger partial charge on any atom is -0.316 e. The summed E-state index contributed by atoms with van der Waals surface area (Å²) >= 11 is 3.29. The monoisotopic (exact) mass is 314 g/mol. The molecule has 1 aliphatic rings. The predicted octanol–water partition coefficient (Wildman–Crippen LogP) is 2.55. The summed E-state index contributed by atoms with van der Waals surface area (Å²) in [7, 11) is 1.63. The Kier molecular flexibility index (Phi) is 4.35. The lowest BCUT2D eigenvalue weighted by atomic mass is 9.98. The number of hydrogen-bond donors (Lipinski definition) is 1. The van der Waals surface area contributed by atoms with Crippen molar-refractivity contribution in [2.45, 2.75) is 12.8 Å². The second-order valence-electron chi connectivity index (χ2n) is 4.54. The molecule has 18 heavy (non-hydrogen) atoms. The third kappa shape index (κ3) is 2.90. The van der Waals surface area contributed by atoms with Gasteiger partial charge in [0.25, 0.3) is 0 Å². The molecule has 1 aromatic carbocycles. The van der Waals surface area contributed by atoms with Crippen molar-refractivity contribution in [1.82, 2.24) is 5.32 Å². The van der Waals surface area contributed by atoms with Gasteiger partial charge in [-0.05, 0) is 37.6 Å². The maximum absolute atomic E-state index is 13.7. The van der Waals surface area contributed by atoms with Crippen molar-refractivity contribution in [3.05, 3.63) is 28.5 Å². The average Bonchev–Trinajstić information content (AvgIpc) is 2.41. The van der Waals surface area contributed by atoms with Gasteiger partial charge in [0.1, 0.15) is 5.82 Å². The van der Waals surface area contributed by atoms with E-state index in [9.17, 15) is 9.18 Å². The smallest absolute Gasteiger partial charge is 0.231 e. The van der Waals surface area contributed by atoms with Crippen LogP contribution in [0, 0.1) is 11.7 Å². The minimum absolute atomic E-state index is 0.0285. The first-order valence-corrected chi connectivity index (χ1v) is 6.82. The molecule has 0 aromatic heterocycles. The number of piperidine rings is 1. The first kappa shape index (κ1) is 13.5. The molecule has 0 bridgehead atoms. The Hall–Kier alpha value is -0.940. The Bertz CT molecular complexity index is 447. The Balaban J connectivity index is 2.16. The second-order valence-corrected chi connectivity index (χ2v) is 5.45. The zero-order valence-electron chi connectivity index (χ0n) is 10.2. The molecule has 0 radical (unpaired) electrons. The number of carbonyl (C=O) groups is 1. The number of carbonyl (C=O) groups excluding carboxylic acids is 1. The molecule has 1 unspecified atom stereocenters. The third-order valence-electron chi connectivity index (χ3n) is 3.25. The van der Waals surface area contributed by atoms with Gasteiger partial charge in [-0.15, -0.1) is 0 Å². The summed E-state index contributed by atoms with van der Waals surface area (Å²) in [6, 6.07) is 4.62. The van der Waals surface area contributed by atoms with E-state index in [0.29, 0.717) is 12.2 Å². The predicted molar refractivity (Wildman–Crippen MR) is 73.1 cm³/mol. The van der Waals surface area contributed by atoms with Crippen molar-refractivity contribution in [2.75, 3.05) is 25.0 Å². The van der Waals surface area contributed by atoms with Gasteiger partial charge in [0.15, 0.2) is 0 Å². The van der Waals surface area contributed by atoms with Crippen LogP contribution in [-0.2, 0) is 4.79 Å². The number of amides is 1. The Morgan fingerprint density at radius 2 is 2.33 bits per heavy atom. The van der Waals surface area contributed by atoms with Gasteiger partial charge in [0.05, 0.1) is 11.6 Å². The molecule has 1 aliphatic heterocycles. The van der Waals surface area contributed by atoms with Crippen LogP contribution in [0.4, 0.5) is 10.1 Å². The molecule has 1 aromatic rings. The number of benzene rings is 1. The highest BCUT2D eigenvalue weighted by Crippen LogP contribution is 2.25. The molecular formula is C13H16BrFN2O. The lowest BCUT2D eigenvalue weighted by Gasteiger charge is -2.27. The molecule has 98 valence electrons. The standard InChI is InChI=1S/C13H16BrFN2O/c1-17(12-7-10(14)4-5-11(12)15)13(18)9-3-2-6-16-8-9/h4-5,7,9,16H,2-3,6,8H2,1H3. The normalized spacial score (nSPS) is 19.6. The fourth-order valence-electron chi connectivity index (χ4n) is 2.20. The summed E-state index contributed by atoms with van der Waals surface area (Å²) in [6.07, 6.45) is 1.86. The van der Waals surface area contributed by atoms with Crippen LogP contribution in [0.3, 0.4) is 0 Å². The van der Waals surface area contributed by atoms with E-state index < -0.39 is 0 Å². The summed E-state index contributed by atoms with van der Waals surface area (Å²) in [5.74, 6) is -0.459. The molecule has 2 rings (SSSR count).